The van der Waals surface area contributed by atoms with Gasteiger partial charge in [-0.05, 0) is 63.8 Å². The molecule has 2 rings (SSSR count). The standard InChI is InChI=1S/C19H30N2O2/c1-6-10-20-13-15-7-8-17-14(2)21(11-9-16(17)12-15)18(22)23-19(3,4)5/h7-8,12,14,20H,6,9-11,13H2,1-5H3. The number of amides is 1. The van der Waals surface area contributed by atoms with Gasteiger partial charge in [-0.15, -0.1) is 0 Å². The molecule has 1 aliphatic rings. The van der Waals surface area contributed by atoms with Crippen LogP contribution >= 0.6 is 0 Å². The largest absolute Gasteiger partial charge is 0.444 e. The van der Waals surface area contributed by atoms with Gasteiger partial charge in [-0.2, -0.15) is 0 Å². The highest BCUT2D eigenvalue weighted by Crippen LogP contribution is 2.31. The maximum absolute atomic E-state index is 12.4. The summed E-state index contributed by atoms with van der Waals surface area (Å²) in [6.45, 7) is 12.6. The lowest BCUT2D eigenvalue weighted by atomic mass is 9.92. The molecule has 4 heteroatoms. The van der Waals surface area contributed by atoms with Gasteiger partial charge in [0, 0.05) is 13.1 Å². The van der Waals surface area contributed by atoms with Crippen LogP contribution in [-0.2, 0) is 17.7 Å². The summed E-state index contributed by atoms with van der Waals surface area (Å²) in [6, 6.07) is 6.67. The van der Waals surface area contributed by atoms with E-state index in [0.717, 1.165) is 32.5 Å². The van der Waals surface area contributed by atoms with Crippen LogP contribution in [0.15, 0.2) is 18.2 Å². The van der Waals surface area contributed by atoms with Crippen molar-refractivity contribution in [3.63, 3.8) is 0 Å². The molecule has 1 aromatic carbocycles. The molecule has 0 aromatic heterocycles. The normalized spacial score (nSPS) is 17.8. The fourth-order valence-corrected chi connectivity index (χ4v) is 2.98. The van der Waals surface area contributed by atoms with E-state index in [1.54, 1.807) is 0 Å². The van der Waals surface area contributed by atoms with E-state index in [0.29, 0.717) is 0 Å². The summed E-state index contributed by atoms with van der Waals surface area (Å²) in [7, 11) is 0. The SMILES string of the molecule is CCCNCc1ccc2c(c1)CCN(C(=O)OC(C)(C)C)C2C. The topological polar surface area (TPSA) is 41.6 Å². The zero-order chi connectivity index (χ0) is 17.0. The molecule has 0 saturated carbocycles. The van der Waals surface area contributed by atoms with Crippen molar-refractivity contribution in [3.05, 3.63) is 34.9 Å². The Balaban J connectivity index is 2.08. The van der Waals surface area contributed by atoms with Gasteiger partial charge in [0.1, 0.15) is 5.60 Å². The van der Waals surface area contributed by atoms with E-state index < -0.39 is 5.60 Å². The van der Waals surface area contributed by atoms with Crippen LogP contribution in [0.4, 0.5) is 4.79 Å². The summed E-state index contributed by atoms with van der Waals surface area (Å²) in [5, 5.41) is 3.44. The molecule has 128 valence electrons. The second-order valence-electron chi connectivity index (χ2n) is 7.31. The van der Waals surface area contributed by atoms with Crippen molar-refractivity contribution in [2.75, 3.05) is 13.1 Å². The number of nitrogens with zero attached hydrogens (tertiary/aromatic N) is 1. The summed E-state index contributed by atoms with van der Waals surface area (Å²) in [5.41, 5.74) is 3.45. The van der Waals surface area contributed by atoms with Crippen LogP contribution in [0.25, 0.3) is 0 Å². The Morgan fingerprint density at radius 3 is 2.78 bits per heavy atom. The maximum Gasteiger partial charge on any atom is 0.410 e. The second kappa shape index (κ2) is 7.35. The van der Waals surface area contributed by atoms with Crippen LogP contribution in [-0.4, -0.2) is 29.7 Å². The second-order valence-corrected chi connectivity index (χ2v) is 7.31. The predicted octanol–water partition coefficient (Wildman–Crippen LogP) is 4.04. The maximum atomic E-state index is 12.4. The van der Waals surface area contributed by atoms with Crippen molar-refractivity contribution >= 4 is 6.09 Å². The Morgan fingerprint density at radius 1 is 1.39 bits per heavy atom. The van der Waals surface area contributed by atoms with E-state index in [1.165, 1.54) is 16.7 Å². The highest BCUT2D eigenvalue weighted by atomic mass is 16.6. The Morgan fingerprint density at radius 2 is 2.13 bits per heavy atom. The molecule has 0 saturated heterocycles. The van der Waals surface area contributed by atoms with Gasteiger partial charge in [0.05, 0.1) is 6.04 Å². The molecular formula is C19H30N2O2. The average Bonchev–Trinajstić information content (AvgIpc) is 2.46. The fourth-order valence-electron chi connectivity index (χ4n) is 2.98. The minimum absolute atomic E-state index is 0.0613. The van der Waals surface area contributed by atoms with E-state index in [9.17, 15) is 4.79 Å². The van der Waals surface area contributed by atoms with E-state index in [-0.39, 0.29) is 12.1 Å². The predicted molar refractivity (Wildman–Crippen MR) is 93.5 cm³/mol. The summed E-state index contributed by atoms with van der Waals surface area (Å²) >= 11 is 0. The van der Waals surface area contributed by atoms with E-state index in [2.05, 4.69) is 37.4 Å². The van der Waals surface area contributed by atoms with Crippen LogP contribution in [0.1, 0.15) is 63.8 Å². The first-order valence-electron chi connectivity index (χ1n) is 8.64. The average molecular weight is 318 g/mol. The fraction of sp³-hybridized carbons (Fsp3) is 0.632. The Hall–Kier alpha value is -1.55. The number of rotatable bonds is 4. The summed E-state index contributed by atoms with van der Waals surface area (Å²) in [6.07, 6.45) is 1.82. The number of nitrogens with one attached hydrogen (secondary N) is 1. The number of hydrogen-bond donors (Lipinski definition) is 1. The molecule has 0 spiro atoms. The number of benzene rings is 1. The van der Waals surface area contributed by atoms with Gasteiger partial charge in [0.15, 0.2) is 0 Å². The van der Waals surface area contributed by atoms with Crippen molar-refractivity contribution < 1.29 is 9.53 Å². The lowest BCUT2D eigenvalue weighted by molar-refractivity contribution is 0.0160. The number of ether oxygens (including phenoxy) is 1. The molecule has 4 nitrogen and oxygen atoms in total. The molecule has 0 fully saturated rings. The van der Waals surface area contributed by atoms with E-state index >= 15 is 0 Å². The molecule has 1 atom stereocenters. The lowest BCUT2D eigenvalue weighted by Gasteiger charge is -2.36. The molecule has 1 N–H and O–H groups in total. The van der Waals surface area contributed by atoms with E-state index in [4.69, 9.17) is 4.74 Å². The minimum Gasteiger partial charge on any atom is -0.444 e. The first-order chi connectivity index (χ1) is 10.8. The molecule has 0 radical (unpaired) electrons. The number of hydrogen-bond acceptors (Lipinski definition) is 3. The first kappa shape index (κ1) is 17.8. The molecule has 1 heterocycles. The minimum atomic E-state index is -0.452. The summed E-state index contributed by atoms with van der Waals surface area (Å²) in [5.74, 6) is 0. The molecule has 0 aliphatic carbocycles. The Bertz CT molecular complexity index is 549. The van der Waals surface area contributed by atoms with Crippen molar-refractivity contribution in [2.45, 2.75) is 65.6 Å². The highest BCUT2D eigenvalue weighted by Gasteiger charge is 2.30. The van der Waals surface area contributed by atoms with Crippen LogP contribution in [0.5, 0.6) is 0 Å². The number of fused-ring (bicyclic) bond motifs is 1. The van der Waals surface area contributed by atoms with Crippen molar-refractivity contribution in [2.24, 2.45) is 0 Å². The van der Waals surface area contributed by atoms with Gasteiger partial charge in [-0.25, -0.2) is 4.79 Å². The van der Waals surface area contributed by atoms with Gasteiger partial charge in [0.2, 0.25) is 0 Å². The van der Waals surface area contributed by atoms with Crippen molar-refractivity contribution in [1.29, 1.82) is 0 Å². The van der Waals surface area contributed by atoms with Gasteiger partial charge in [0.25, 0.3) is 0 Å². The van der Waals surface area contributed by atoms with Crippen LogP contribution in [0, 0.1) is 0 Å². The summed E-state index contributed by atoms with van der Waals surface area (Å²) < 4.78 is 5.53. The van der Waals surface area contributed by atoms with E-state index in [1.807, 2.05) is 25.7 Å². The Kier molecular flexibility index (Phi) is 5.69. The zero-order valence-electron chi connectivity index (χ0n) is 15.1. The highest BCUT2D eigenvalue weighted by molar-refractivity contribution is 5.69. The van der Waals surface area contributed by atoms with Crippen LogP contribution < -0.4 is 5.32 Å². The van der Waals surface area contributed by atoms with Crippen LogP contribution in [0.3, 0.4) is 0 Å². The van der Waals surface area contributed by atoms with Crippen LogP contribution in [0.2, 0.25) is 0 Å². The molecule has 23 heavy (non-hydrogen) atoms. The lowest BCUT2D eigenvalue weighted by Crippen LogP contribution is -2.42. The number of carbonyl (C=O) groups is 1. The van der Waals surface area contributed by atoms with Crippen molar-refractivity contribution in [1.82, 2.24) is 10.2 Å². The molecular weight excluding hydrogens is 288 g/mol. The third-order valence-electron chi connectivity index (χ3n) is 4.13. The third kappa shape index (κ3) is 4.71. The third-order valence-corrected chi connectivity index (χ3v) is 4.13. The van der Waals surface area contributed by atoms with Gasteiger partial charge in [-0.1, -0.05) is 25.1 Å². The smallest absolute Gasteiger partial charge is 0.410 e. The van der Waals surface area contributed by atoms with Crippen molar-refractivity contribution in [3.8, 4) is 0 Å². The van der Waals surface area contributed by atoms with Gasteiger partial charge in [-0.3, -0.25) is 0 Å². The summed E-state index contributed by atoms with van der Waals surface area (Å²) in [4.78, 5) is 14.2. The molecule has 1 aliphatic heterocycles. The first-order valence-corrected chi connectivity index (χ1v) is 8.64. The molecule has 1 unspecified atom stereocenters. The molecule has 1 amide bonds. The van der Waals surface area contributed by atoms with Gasteiger partial charge < -0.3 is 15.0 Å². The van der Waals surface area contributed by atoms with Gasteiger partial charge >= 0.3 is 6.09 Å². The zero-order valence-corrected chi connectivity index (χ0v) is 15.1. The Labute approximate surface area is 140 Å². The molecule has 0 bridgehead atoms. The monoisotopic (exact) mass is 318 g/mol. The number of carbonyl (C=O) groups excluding carboxylic acids is 1. The molecule has 1 aromatic rings. The quantitative estimate of drug-likeness (QED) is 0.852.